The molecular formula is C32H28FN7O3S. The summed E-state index contributed by atoms with van der Waals surface area (Å²) in [5.41, 5.74) is 11.0. The third-order valence-electron chi connectivity index (χ3n) is 6.97. The van der Waals surface area contributed by atoms with Crippen LogP contribution in [-0.4, -0.2) is 45.2 Å². The van der Waals surface area contributed by atoms with Gasteiger partial charge in [-0.05, 0) is 67.4 Å². The van der Waals surface area contributed by atoms with Gasteiger partial charge in [0.15, 0.2) is 27.2 Å². The molecule has 0 amide bonds. The molecule has 12 heteroatoms. The SMILES string of the molecule is Cc1ccnc(Oc2ccc(-n3c(-c4ccc(NCCCS(=O)(=O)c5ccccc5)cc4)cc4ncnc(N)c43)cc2F)n1. The van der Waals surface area contributed by atoms with E-state index >= 15 is 4.39 Å². The van der Waals surface area contributed by atoms with Crippen molar-refractivity contribution in [1.82, 2.24) is 24.5 Å². The maximum atomic E-state index is 15.3. The summed E-state index contributed by atoms with van der Waals surface area (Å²) in [7, 11) is -3.33. The number of rotatable bonds is 10. The van der Waals surface area contributed by atoms with Gasteiger partial charge in [-0.25, -0.2) is 32.7 Å². The van der Waals surface area contributed by atoms with Gasteiger partial charge in [-0.15, -0.1) is 0 Å². The van der Waals surface area contributed by atoms with E-state index < -0.39 is 15.7 Å². The highest BCUT2D eigenvalue weighted by Gasteiger charge is 2.19. The molecule has 10 nitrogen and oxygen atoms in total. The minimum atomic E-state index is -3.33. The number of hydrogen-bond donors (Lipinski definition) is 2. The van der Waals surface area contributed by atoms with Gasteiger partial charge < -0.3 is 20.4 Å². The molecular weight excluding hydrogens is 581 g/mol. The third-order valence-corrected chi connectivity index (χ3v) is 8.78. The first kappa shape index (κ1) is 28.7. The summed E-state index contributed by atoms with van der Waals surface area (Å²) in [5.74, 6) is -0.333. The number of aromatic nitrogens is 5. The summed E-state index contributed by atoms with van der Waals surface area (Å²) in [6.45, 7) is 2.28. The Balaban J connectivity index is 1.23. The van der Waals surface area contributed by atoms with E-state index in [4.69, 9.17) is 10.5 Å². The van der Waals surface area contributed by atoms with Crippen molar-refractivity contribution in [3.05, 3.63) is 109 Å². The van der Waals surface area contributed by atoms with E-state index in [9.17, 15) is 8.42 Å². The molecule has 44 heavy (non-hydrogen) atoms. The Kier molecular flexibility index (Phi) is 7.90. The Morgan fingerprint density at radius 3 is 2.50 bits per heavy atom. The van der Waals surface area contributed by atoms with E-state index in [0.717, 1.165) is 16.9 Å². The number of nitrogens with one attached hydrogen (secondary N) is 1. The Bertz CT molecular complexity index is 2050. The number of nitrogens with two attached hydrogens (primary N) is 1. The van der Waals surface area contributed by atoms with E-state index in [-0.39, 0.29) is 23.3 Å². The van der Waals surface area contributed by atoms with Gasteiger partial charge >= 0.3 is 6.01 Å². The number of benzene rings is 3. The van der Waals surface area contributed by atoms with E-state index in [1.165, 1.54) is 18.5 Å². The van der Waals surface area contributed by atoms with Crippen LogP contribution in [0.15, 0.2) is 102 Å². The standard InChI is InChI=1S/C32H28FN7O3S/c1-21-14-16-36-32(39-21)43-29-13-12-24(18-26(29)33)40-28(19-27-30(40)31(34)38-20-37-27)22-8-10-23(11-9-22)35-15-5-17-44(41,42)25-6-3-2-4-7-25/h2-4,6-14,16,18-20,35H,5,15,17H2,1H3,(H2,34,37,38). The molecule has 0 aliphatic carbocycles. The lowest BCUT2D eigenvalue weighted by Gasteiger charge is -2.14. The average Bonchev–Trinajstić information content (AvgIpc) is 3.42. The molecule has 0 saturated carbocycles. The zero-order valence-electron chi connectivity index (χ0n) is 23.7. The fourth-order valence-corrected chi connectivity index (χ4v) is 6.15. The second-order valence-electron chi connectivity index (χ2n) is 10.0. The van der Waals surface area contributed by atoms with Crippen molar-refractivity contribution in [3.63, 3.8) is 0 Å². The van der Waals surface area contributed by atoms with Crippen LogP contribution in [0.1, 0.15) is 12.1 Å². The maximum absolute atomic E-state index is 15.3. The first-order chi connectivity index (χ1) is 21.3. The molecule has 0 radical (unpaired) electrons. The number of nitrogens with zero attached hydrogens (tertiary/aromatic N) is 5. The van der Waals surface area contributed by atoms with Crippen molar-refractivity contribution in [3.8, 4) is 28.7 Å². The number of aryl methyl sites for hydroxylation is 1. The highest BCUT2D eigenvalue weighted by molar-refractivity contribution is 7.91. The molecule has 3 aromatic heterocycles. The second kappa shape index (κ2) is 12.1. The molecule has 3 N–H and O–H groups in total. The Morgan fingerprint density at radius 1 is 0.955 bits per heavy atom. The van der Waals surface area contributed by atoms with Crippen molar-refractivity contribution >= 4 is 32.4 Å². The monoisotopic (exact) mass is 609 g/mol. The molecule has 0 atom stereocenters. The minimum absolute atomic E-state index is 0.0198. The van der Waals surface area contributed by atoms with Gasteiger partial charge in [0.25, 0.3) is 0 Å². The summed E-state index contributed by atoms with van der Waals surface area (Å²) < 4.78 is 47.8. The third kappa shape index (κ3) is 6.06. The van der Waals surface area contributed by atoms with Crippen molar-refractivity contribution in [2.24, 2.45) is 0 Å². The van der Waals surface area contributed by atoms with Gasteiger partial charge in [0.2, 0.25) is 0 Å². The van der Waals surface area contributed by atoms with Crippen LogP contribution < -0.4 is 15.8 Å². The molecule has 0 aliphatic rings. The van der Waals surface area contributed by atoms with Crippen molar-refractivity contribution in [2.75, 3.05) is 23.3 Å². The van der Waals surface area contributed by atoms with Crippen LogP contribution in [0.25, 0.3) is 28.0 Å². The number of sulfone groups is 1. The minimum Gasteiger partial charge on any atom is -0.421 e. The fraction of sp³-hybridized carbons (Fsp3) is 0.125. The smallest absolute Gasteiger partial charge is 0.322 e. The van der Waals surface area contributed by atoms with Crippen LogP contribution in [0.3, 0.4) is 0 Å². The van der Waals surface area contributed by atoms with Crippen molar-refractivity contribution in [1.29, 1.82) is 0 Å². The van der Waals surface area contributed by atoms with Crippen LogP contribution in [0.5, 0.6) is 11.8 Å². The zero-order valence-corrected chi connectivity index (χ0v) is 24.5. The summed E-state index contributed by atoms with van der Waals surface area (Å²) >= 11 is 0. The molecule has 0 aliphatic heterocycles. The number of fused-ring (bicyclic) bond motifs is 1. The van der Waals surface area contributed by atoms with E-state index in [1.54, 1.807) is 60.2 Å². The van der Waals surface area contributed by atoms with E-state index in [1.807, 2.05) is 30.3 Å². The van der Waals surface area contributed by atoms with E-state index in [2.05, 4.69) is 25.3 Å². The zero-order chi connectivity index (χ0) is 30.7. The number of anilines is 2. The lowest BCUT2D eigenvalue weighted by molar-refractivity contribution is 0.410. The number of halogens is 1. The maximum Gasteiger partial charge on any atom is 0.322 e. The van der Waals surface area contributed by atoms with Crippen molar-refractivity contribution < 1.29 is 17.5 Å². The van der Waals surface area contributed by atoms with Gasteiger partial charge in [0, 0.05) is 35.9 Å². The predicted octanol–water partition coefficient (Wildman–Crippen LogP) is 5.98. The van der Waals surface area contributed by atoms with Crippen LogP contribution in [0.2, 0.25) is 0 Å². The lowest BCUT2D eigenvalue weighted by atomic mass is 10.1. The lowest BCUT2D eigenvalue weighted by Crippen LogP contribution is -2.11. The summed E-state index contributed by atoms with van der Waals surface area (Å²) in [6, 6.07) is 24.3. The number of nitrogen functional groups attached to an aromatic ring is 1. The molecule has 0 spiro atoms. The average molecular weight is 610 g/mol. The van der Waals surface area contributed by atoms with Crippen LogP contribution in [0, 0.1) is 12.7 Å². The normalized spacial score (nSPS) is 11.5. The van der Waals surface area contributed by atoms with Gasteiger partial charge in [-0.1, -0.05) is 30.3 Å². The van der Waals surface area contributed by atoms with Crippen molar-refractivity contribution in [2.45, 2.75) is 18.2 Å². The summed E-state index contributed by atoms with van der Waals surface area (Å²) in [6.07, 6.45) is 3.38. The van der Waals surface area contributed by atoms with Gasteiger partial charge in [-0.2, -0.15) is 0 Å². The van der Waals surface area contributed by atoms with Crippen LogP contribution in [0.4, 0.5) is 15.9 Å². The topological polar surface area (TPSA) is 138 Å². The molecule has 0 saturated heterocycles. The van der Waals surface area contributed by atoms with E-state index in [0.29, 0.717) is 40.3 Å². The second-order valence-corrected chi connectivity index (χ2v) is 12.2. The molecule has 0 bridgehead atoms. The fourth-order valence-electron chi connectivity index (χ4n) is 4.82. The summed E-state index contributed by atoms with van der Waals surface area (Å²) in [5, 5.41) is 3.28. The molecule has 3 heterocycles. The van der Waals surface area contributed by atoms with Crippen LogP contribution >= 0.6 is 0 Å². The largest absolute Gasteiger partial charge is 0.421 e. The Morgan fingerprint density at radius 2 is 1.75 bits per heavy atom. The quantitative estimate of drug-likeness (QED) is 0.180. The molecule has 222 valence electrons. The first-order valence-electron chi connectivity index (χ1n) is 13.8. The molecule has 3 aromatic carbocycles. The molecule has 0 unspecified atom stereocenters. The highest BCUT2D eigenvalue weighted by Crippen LogP contribution is 2.35. The Labute approximate surface area is 253 Å². The molecule has 0 fully saturated rings. The molecule has 6 aromatic rings. The molecule has 6 rings (SSSR count). The van der Waals surface area contributed by atoms with Crippen LogP contribution in [-0.2, 0) is 9.84 Å². The van der Waals surface area contributed by atoms with Gasteiger partial charge in [-0.3, -0.25) is 0 Å². The Hall–Kier alpha value is -5.36. The van der Waals surface area contributed by atoms with Gasteiger partial charge in [0.1, 0.15) is 11.8 Å². The number of hydrogen-bond acceptors (Lipinski definition) is 9. The number of ether oxygens (including phenoxy) is 1. The predicted molar refractivity (Wildman–Crippen MR) is 167 cm³/mol. The summed E-state index contributed by atoms with van der Waals surface area (Å²) in [4.78, 5) is 17.1. The highest BCUT2D eigenvalue weighted by atomic mass is 32.2. The van der Waals surface area contributed by atoms with Gasteiger partial charge in [0.05, 0.1) is 21.9 Å². The first-order valence-corrected chi connectivity index (χ1v) is 15.5.